The van der Waals surface area contributed by atoms with Gasteiger partial charge in [-0.25, -0.2) is 4.39 Å². The summed E-state index contributed by atoms with van der Waals surface area (Å²) in [6.45, 7) is 0. The zero-order valence-electron chi connectivity index (χ0n) is 11.0. The zero-order valence-corrected chi connectivity index (χ0v) is 11.0. The Labute approximate surface area is 119 Å². The van der Waals surface area contributed by atoms with E-state index < -0.39 is 16.6 Å². The van der Waals surface area contributed by atoms with Gasteiger partial charge in [-0.2, -0.15) is 0 Å². The summed E-state index contributed by atoms with van der Waals surface area (Å²) in [6.07, 6.45) is 0. The lowest BCUT2D eigenvalue weighted by atomic mass is 10.2. The van der Waals surface area contributed by atoms with E-state index in [0.717, 1.165) is 12.1 Å². The molecule has 6 nitrogen and oxygen atoms in total. The van der Waals surface area contributed by atoms with Gasteiger partial charge in [0.1, 0.15) is 11.6 Å². The first-order valence-electron chi connectivity index (χ1n) is 5.90. The maximum Gasteiger partial charge on any atom is 0.275 e. The Morgan fingerprint density at radius 2 is 1.90 bits per heavy atom. The standard InChI is InChI=1S/C14H11FN2O4/c1-21-13-7-11(6-12(8-13)17(19)20)16-14(18)9-2-4-10(15)5-3-9/h2-8H,1H3,(H,16,18). The van der Waals surface area contributed by atoms with Crippen LogP contribution in [0.15, 0.2) is 42.5 Å². The predicted octanol–water partition coefficient (Wildman–Crippen LogP) is 2.99. The molecule has 0 aromatic heterocycles. The van der Waals surface area contributed by atoms with E-state index in [1.807, 2.05) is 0 Å². The van der Waals surface area contributed by atoms with Crippen LogP contribution in [0.2, 0.25) is 0 Å². The number of nitro groups is 1. The highest BCUT2D eigenvalue weighted by molar-refractivity contribution is 6.04. The minimum atomic E-state index is -0.587. The third-order valence-corrected chi connectivity index (χ3v) is 2.70. The van der Waals surface area contributed by atoms with Crippen molar-refractivity contribution in [3.05, 3.63) is 64.0 Å². The number of nitro benzene ring substituents is 1. The topological polar surface area (TPSA) is 81.5 Å². The Morgan fingerprint density at radius 3 is 2.48 bits per heavy atom. The van der Waals surface area contributed by atoms with E-state index in [2.05, 4.69) is 5.32 Å². The van der Waals surface area contributed by atoms with Gasteiger partial charge in [0.05, 0.1) is 23.8 Å². The van der Waals surface area contributed by atoms with E-state index in [0.29, 0.717) is 0 Å². The fraction of sp³-hybridized carbons (Fsp3) is 0.0714. The lowest BCUT2D eigenvalue weighted by molar-refractivity contribution is -0.384. The first-order chi connectivity index (χ1) is 9.99. The SMILES string of the molecule is COc1cc(NC(=O)c2ccc(F)cc2)cc([N+](=O)[O-])c1. The Morgan fingerprint density at radius 1 is 1.24 bits per heavy atom. The summed E-state index contributed by atoms with van der Waals surface area (Å²) in [5.41, 5.74) is 0.251. The molecule has 0 spiro atoms. The fourth-order valence-corrected chi connectivity index (χ4v) is 1.68. The van der Waals surface area contributed by atoms with E-state index in [9.17, 15) is 19.3 Å². The molecule has 2 aromatic rings. The average Bonchev–Trinajstić information content (AvgIpc) is 2.47. The normalized spacial score (nSPS) is 10.0. The fourth-order valence-electron chi connectivity index (χ4n) is 1.68. The summed E-state index contributed by atoms with van der Waals surface area (Å²) < 4.78 is 17.7. The molecule has 2 rings (SSSR count). The largest absolute Gasteiger partial charge is 0.496 e. The molecule has 0 unspecified atom stereocenters. The molecule has 108 valence electrons. The van der Waals surface area contributed by atoms with Crippen molar-refractivity contribution in [1.82, 2.24) is 0 Å². The number of hydrogen-bond donors (Lipinski definition) is 1. The van der Waals surface area contributed by atoms with Crippen LogP contribution in [0.5, 0.6) is 5.75 Å². The van der Waals surface area contributed by atoms with Crippen molar-refractivity contribution < 1.29 is 18.8 Å². The van der Waals surface area contributed by atoms with Gasteiger partial charge in [0.15, 0.2) is 0 Å². The quantitative estimate of drug-likeness (QED) is 0.693. The molecule has 7 heteroatoms. The number of nitrogens with zero attached hydrogens (tertiary/aromatic N) is 1. The minimum absolute atomic E-state index is 0.205. The molecular formula is C14H11FN2O4. The predicted molar refractivity (Wildman–Crippen MR) is 74.0 cm³/mol. The highest BCUT2D eigenvalue weighted by Gasteiger charge is 2.13. The monoisotopic (exact) mass is 290 g/mol. The Hall–Kier alpha value is -2.96. The zero-order chi connectivity index (χ0) is 15.4. The molecule has 0 atom stereocenters. The van der Waals surface area contributed by atoms with Crippen molar-refractivity contribution >= 4 is 17.3 Å². The van der Waals surface area contributed by atoms with Gasteiger partial charge in [0.25, 0.3) is 11.6 Å². The van der Waals surface area contributed by atoms with Crippen LogP contribution in [-0.4, -0.2) is 17.9 Å². The molecule has 0 aliphatic heterocycles. The number of carbonyl (C=O) groups is 1. The first kappa shape index (κ1) is 14.4. The summed E-state index contributed by atoms with van der Waals surface area (Å²) in [5.74, 6) is -0.709. The van der Waals surface area contributed by atoms with Crippen LogP contribution >= 0.6 is 0 Å². The van der Waals surface area contributed by atoms with Crippen LogP contribution in [0.25, 0.3) is 0 Å². The van der Waals surface area contributed by atoms with E-state index in [-0.39, 0.29) is 22.7 Å². The summed E-state index contributed by atoms with van der Waals surface area (Å²) in [4.78, 5) is 22.2. The number of amides is 1. The first-order valence-corrected chi connectivity index (χ1v) is 5.90. The van der Waals surface area contributed by atoms with E-state index >= 15 is 0 Å². The van der Waals surface area contributed by atoms with Gasteiger partial charge in [-0.3, -0.25) is 14.9 Å². The second-order valence-electron chi connectivity index (χ2n) is 4.14. The number of nitrogens with one attached hydrogen (secondary N) is 1. The molecule has 0 fully saturated rings. The molecular weight excluding hydrogens is 279 g/mol. The van der Waals surface area contributed by atoms with Crippen LogP contribution in [0.4, 0.5) is 15.8 Å². The van der Waals surface area contributed by atoms with Gasteiger partial charge in [-0.05, 0) is 24.3 Å². The molecule has 2 aromatic carbocycles. The number of halogens is 1. The van der Waals surface area contributed by atoms with E-state index in [4.69, 9.17) is 4.74 Å². The second-order valence-corrected chi connectivity index (χ2v) is 4.14. The van der Waals surface area contributed by atoms with Crippen molar-refractivity contribution in [2.75, 3.05) is 12.4 Å². The van der Waals surface area contributed by atoms with Crippen molar-refractivity contribution in [3.8, 4) is 5.75 Å². The van der Waals surface area contributed by atoms with Crippen LogP contribution in [0, 0.1) is 15.9 Å². The Bertz CT molecular complexity index is 686. The molecule has 21 heavy (non-hydrogen) atoms. The number of benzene rings is 2. The van der Waals surface area contributed by atoms with Gasteiger partial charge in [-0.15, -0.1) is 0 Å². The van der Waals surface area contributed by atoms with Crippen LogP contribution in [0.1, 0.15) is 10.4 Å². The maximum absolute atomic E-state index is 12.8. The van der Waals surface area contributed by atoms with Gasteiger partial charge >= 0.3 is 0 Å². The van der Waals surface area contributed by atoms with Crippen molar-refractivity contribution in [2.45, 2.75) is 0 Å². The minimum Gasteiger partial charge on any atom is -0.496 e. The van der Waals surface area contributed by atoms with Gasteiger partial charge in [0.2, 0.25) is 0 Å². The highest BCUT2D eigenvalue weighted by atomic mass is 19.1. The number of anilines is 1. The van der Waals surface area contributed by atoms with Crippen LogP contribution < -0.4 is 10.1 Å². The number of hydrogen-bond acceptors (Lipinski definition) is 4. The number of methoxy groups -OCH3 is 1. The van der Waals surface area contributed by atoms with Gasteiger partial charge < -0.3 is 10.1 Å². The van der Waals surface area contributed by atoms with E-state index in [1.165, 1.54) is 37.4 Å². The Kier molecular flexibility index (Phi) is 4.13. The summed E-state index contributed by atoms with van der Waals surface area (Å²) in [7, 11) is 1.37. The lowest BCUT2D eigenvalue weighted by Gasteiger charge is -2.07. The van der Waals surface area contributed by atoms with Gasteiger partial charge in [0, 0.05) is 17.7 Å². The molecule has 0 aliphatic rings. The molecule has 0 saturated carbocycles. The van der Waals surface area contributed by atoms with Gasteiger partial charge in [-0.1, -0.05) is 0 Å². The third-order valence-electron chi connectivity index (χ3n) is 2.70. The summed E-state index contributed by atoms with van der Waals surface area (Å²) in [6, 6.07) is 8.86. The molecule has 0 saturated heterocycles. The molecule has 1 amide bonds. The summed E-state index contributed by atoms with van der Waals surface area (Å²) in [5, 5.41) is 13.3. The van der Waals surface area contributed by atoms with Crippen molar-refractivity contribution in [1.29, 1.82) is 0 Å². The molecule has 0 bridgehead atoms. The Balaban J connectivity index is 2.26. The second kappa shape index (κ2) is 6.00. The maximum atomic E-state index is 12.8. The number of carbonyl (C=O) groups excluding carboxylic acids is 1. The number of non-ortho nitro benzene ring substituents is 1. The average molecular weight is 290 g/mol. The van der Waals surface area contributed by atoms with Crippen molar-refractivity contribution in [3.63, 3.8) is 0 Å². The summed E-state index contributed by atoms with van der Waals surface area (Å²) >= 11 is 0. The molecule has 0 heterocycles. The van der Waals surface area contributed by atoms with Crippen molar-refractivity contribution in [2.24, 2.45) is 0 Å². The molecule has 0 aliphatic carbocycles. The van der Waals surface area contributed by atoms with E-state index in [1.54, 1.807) is 0 Å². The molecule has 0 radical (unpaired) electrons. The highest BCUT2D eigenvalue weighted by Crippen LogP contribution is 2.26. The third kappa shape index (κ3) is 3.53. The number of rotatable bonds is 4. The smallest absolute Gasteiger partial charge is 0.275 e. The number of ether oxygens (including phenoxy) is 1. The lowest BCUT2D eigenvalue weighted by Crippen LogP contribution is -2.12. The van der Waals surface area contributed by atoms with Crippen LogP contribution in [-0.2, 0) is 0 Å². The van der Waals surface area contributed by atoms with Crippen LogP contribution in [0.3, 0.4) is 0 Å². The molecule has 1 N–H and O–H groups in total.